The second kappa shape index (κ2) is 6.87. The molecule has 0 fully saturated rings. The van der Waals surface area contributed by atoms with E-state index in [1.54, 1.807) is 13.1 Å². The Morgan fingerprint density at radius 2 is 1.95 bits per heavy atom. The van der Waals surface area contributed by atoms with Gasteiger partial charge in [-0.05, 0) is 51.8 Å². The van der Waals surface area contributed by atoms with E-state index >= 15 is 0 Å². The van der Waals surface area contributed by atoms with E-state index in [0.717, 1.165) is 6.07 Å². The lowest BCUT2D eigenvalue weighted by molar-refractivity contribution is 0.0783. The van der Waals surface area contributed by atoms with Crippen molar-refractivity contribution in [1.82, 2.24) is 4.90 Å². The Kier molecular flexibility index (Phi) is 5.13. The van der Waals surface area contributed by atoms with E-state index in [9.17, 15) is 13.6 Å². The Bertz CT molecular complexity index is 707. The standard InChI is InChI=1S/C16H14BrF2NO2/c1-20(9-10-3-6-15(22-2)14(19)7-10)16(21)12-8-11(18)4-5-13(12)17/h3-8H,9H2,1-2H3. The molecule has 2 aromatic carbocycles. The van der Waals surface area contributed by atoms with Crippen LogP contribution in [0.25, 0.3) is 0 Å². The molecule has 2 rings (SSSR count). The van der Waals surface area contributed by atoms with Crippen LogP contribution in [0, 0.1) is 11.6 Å². The molecule has 0 radical (unpaired) electrons. The molecule has 1 amide bonds. The summed E-state index contributed by atoms with van der Waals surface area (Å²) in [6.07, 6.45) is 0. The third kappa shape index (κ3) is 3.62. The molecule has 0 aliphatic heterocycles. The van der Waals surface area contributed by atoms with Crippen LogP contribution in [0.15, 0.2) is 40.9 Å². The lowest BCUT2D eigenvalue weighted by atomic mass is 10.1. The number of carbonyl (C=O) groups excluding carboxylic acids is 1. The van der Waals surface area contributed by atoms with Gasteiger partial charge in [0.2, 0.25) is 0 Å². The van der Waals surface area contributed by atoms with Crippen molar-refractivity contribution >= 4 is 21.8 Å². The van der Waals surface area contributed by atoms with Crippen LogP contribution in [0.1, 0.15) is 15.9 Å². The molecule has 0 aliphatic rings. The van der Waals surface area contributed by atoms with Crippen molar-refractivity contribution in [3.63, 3.8) is 0 Å². The van der Waals surface area contributed by atoms with Gasteiger partial charge in [-0.2, -0.15) is 0 Å². The molecule has 0 aliphatic carbocycles. The van der Waals surface area contributed by atoms with Gasteiger partial charge >= 0.3 is 0 Å². The van der Waals surface area contributed by atoms with Crippen LogP contribution in [-0.2, 0) is 6.54 Å². The molecule has 3 nitrogen and oxygen atoms in total. The van der Waals surface area contributed by atoms with E-state index in [1.807, 2.05) is 0 Å². The van der Waals surface area contributed by atoms with Gasteiger partial charge in [-0.1, -0.05) is 6.07 Å². The van der Waals surface area contributed by atoms with Crippen LogP contribution >= 0.6 is 15.9 Å². The monoisotopic (exact) mass is 369 g/mol. The highest BCUT2D eigenvalue weighted by Crippen LogP contribution is 2.22. The molecule has 22 heavy (non-hydrogen) atoms. The smallest absolute Gasteiger partial charge is 0.255 e. The van der Waals surface area contributed by atoms with Gasteiger partial charge in [0.25, 0.3) is 5.91 Å². The van der Waals surface area contributed by atoms with Gasteiger partial charge in [0.15, 0.2) is 11.6 Å². The number of carbonyl (C=O) groups is 1. The molecule has 116 valence electrons. The minimum Gasteiger partial charge on any atom is -0.494 e. The molecule has 0 bridgehead atoms. The van der Waals surface area contributed by atoms with Crippen molar-refractivity contribution in [2.75, 3.05) is 14.2 Å². The Labute approximate surface area is 135 Å². The van der Waals surface area contributed by atoms with Crippen LogP contribution in [0.5, 0.6) is 5.75 Å². The van der Waals surface area contributed by atoms with Gasteiger partial charge in [-0.3, -0.25) is 4.79 Å². The summed E-state index contributed by atoms with van der Waals surface area (Å²) in [5.74, 6) is -1.20. The fraction of sp³-hybridized carbons (Fsp3) is 0.188. The number of methoxy groups -OCH3 is 1. The van der Waals surface area contributed by atoms with Crippen LogP contribution in [0.4, 0.5) is 8.78 Å². The normalized spacial score (nSPS) is 10.4. The number of nitrogens with zero attached hydrogens (tertiary/aromatic N) is 1. The van der Waals surface area contributed by atoms with Gasteiger partial charge in [0.05, 0.1) is 12.7 Å². The lowest BCUT2D eigenvalue weighted by Crippen LogP contribution is -2.26. The number of ether oxygens (including phenoxy) is 1. The summed E-state index contributed by atoms with van der Waals surface area (Å²) < 4.78 is 32.3. The Balaban J connectivity index is 2.18. The molecule has 0 aromatic heterocycles. The van der Waals surface area contributed by atoms with E-state index < -0.39 is 11.6 Å². The first-order chi connectivity index (χ1) is 10.4. The number of hydrogen-bond donors (Lipinski definition) is 0. The maximum atomic E-state index is 13.7. The number of amides is 1. The Morgan fingerprint density at radius 3 is 2.59 bits per heavy atom. The molecule has 0 atom stereocenters. The van der Waals surface area contributed by atoms with Crippen molar-refractivity contribution in [1.29, 1.82) is 0 Å². The van der Waals surface area contributed by atoms with Gasteiger partial charge < -0.3 is 9.64 Å². The minimum absolute atomic E-state index is 0.144. The first-order valence-electron chi connectivity index (χ1n) is 6.45. The van der Waals surface area contributed by atoms with Gasteiger partial charge in [-0.25, -0.2) is 8.78 Å². The van der Waals surface area contributed by atoms with E-state index in [0.29, 0.717) is 10.0 Å². The summed E-state index contributed by atoms with van der Waals surface area (Å²) in [4.78, 5) is 13.7. The summed E-state index contributed by atoms with van der Waals surface area (Å²) in [6, 6.07) is 8.39. The molecular formula is C16H14BrF2NO2. The molecule has 0 spiro atoms. The third-order valence-corrected chi connectivity index (χ3v) is 3.83. The summed E-state index contributed by atoms with van der Waals surface area (Å²) in [5.41, 5.74) is 0.832. The first kappa shape index (κ1) is 16.4. The van der Waals surface area contributed by atoms with E-state index in [-0.39, 0.29) is 23.8 Å². The van der Waals surface area contributed by atoms with Crippen molar-refractivity contribution in [3.05, 3.63) is 63.6 Å². The summed E-state index contributed by atoms with van der Waals surface area (Å²) >= 11 is 3.22. The molecule has 0 N–H and O–H groups in total. The molecular weight excluding hydrogens is 356 g/mol. The zero-order valence-electron chi connectivity index (χ0n) is 12.1. The maximum absolute atomic E-state index is 13.7. The van der Waals surface area contributed by atoms with Crippen molar-refractivity contribution in [2.45, 2.75) is 6.54 Å². The first-order valence-corrected chi connectivity index (χ1v) is 7.24. The van der Waals surface area contributed by atoms with E-state index in [4.69, 9.17) is 4.74 Å². The van der Waals surface area contributed by atoms with Crippen LogP contribution < -0.4 is 4.74 Å². The molecule has 0 saturated heterocycles. The van der Waals surface area contributed by atoms with E-state index in [1.165, 1.54) is 36.3 Å². The number of hydrogen-bond acceptors (Lipinski definition) is 2. The predicted octanol–water partition coefficient (Wildman–Crippen LogP) is 4.01. The third-order valence-electron chi connectivity index (χ3n) is 3.14. The highest BCUT2D eigenvalue weighted by atomic mass is 79.9. The largest absolute Gasteiger partial charge is 0.494 e. The fourth-order valence-corrected chi connectivity index (χ4v) is 2.44. The zero-order valence-corrected chi connectivity index (χ0v) is 13.7. The molecule has 2 aromatic rings. The topological polar surface area (TPSA) is 29.5 Å². The zero-order chi connectivity index (χ0) is 16.3. The number of halogens is 3. The van der Waals surface area contributed by atoms with Gasteiger partial charge in [-0.15, -0.1) is 0 Å². The average molecular weight is 370 g/mol. The van der Waals surface area contributed by atoms with Gasteiger partial charge in [0, 0.05) is 18.1 Å². The second-order valence-electron chi connectivity index (χ2n) is 4.75. The highest BCUT2D eigenvalue weighted by Gasteiger charge is 2.16. The Hall–Kier alpha value is -1.95. The summed E-state index contributed by atoms with van der Waals surface area (Å²) in [5, 5.41) is 0. The van der Waals surface area contributed by atoms with Crippen molar-refractivity contribution in [2.24, 2.45) is 0 Å². The minimum atomic E-state index is -0.493. The average Bonchev–Trinajstić information content (AvgIpc) is 2.49. The highest BCUT2D eigenvalue weighted by molar-refractivity contribution is 9.10. The van der Waals surface area contributed by atoms with Crippen molar-refractivity contribution in [3.8, 4) is 5.75 Å². The molecule has 0 heterocycles. The summed E-state index contributed by atoms with van der Waals surface area (Å²) in [7, 11) is 2.96. The van der Waals surface area contributed by atoms with Crippen LogP contribution in [0.2, 0.25) is 0 Å². The Morgan fingerprint density at radius 1 is 1.23 bits per heavy atom. The summed E-state index contributed by atoms with van der Waals surface area (Å²) in [6.45, 7) is 0.197. The maximum Gasteiger partial charge on any atom is 0.255 e. The molecule has 0 saturated carbocycles. The molecule has 6 heteroatoms. The second-order valence-corrected chi connectivity index (χ2v) is 5.61. The predicted molar refractivity (Wildman–Crippen MR) is 82.8 cm³/mol. The van der Waals surface area contributed by atoms with Crippen molar-refractivity contribution < 1.29 is 18.3 Å². The van der Waals surface area contributed by atoms with E-state index in [2.05, 4.69) is 15.9 Å². The SMILES string of the molecule is COc1ccc(CN(C)C(=O)c2cc(F)ccc2Br)cc1F. The number of benzene rings is 2. The lowest BCUT2D eigenvalue weighted by Gasteiger charge is -2.18. The quantitative estimate of drug-likeness (QED) is 0.814. The fourth-order valence-electron chi connectivity index (χ4n) is 2.02. The van der Waals surface area contributed by atoms with Gasteiger partial charge in [0.1, 0.15) is 5.82 Å². The number of rotatable bonds is 4. The van der Waals surface area contributed by atoms with Crippen LogP contribution in [-0.4, -0.2) is 25.0 Å². The van der Waals surface area contributed by atoms with Crippen LogP contribution in [0.3, 0.4) is 0 Å². The molecule has 0 unspecified atom stereocenters.